The smallest absolute Gasteiger partial charge is 0.308 e. The van der Waals surface area contributed by atoms with E-state index in [0.29, 0.717) is 17.4 Å². The zero-order valence-electron chi connectivity index (χ0n) is 16.5. The first-order valence-corrected chi connectivity index (χ1v) is 10.4. The Morgan fingerprint density at radius 3 is 2.52 bits per heavy atom. The average molecular weight is 432 g/mol. The number of rotatable bonds is 2. The molecule has 0 fully saturated rings. The summed E-state index contributed by atoms with van der Waals surface area (Å²) in [5.41, 5.74) is 1.73. The van der Waals surface area contributed by atoms with Crippen molar-refractivity contribution >= 4 is 34.1 Å². The Morgan fingerprint density at radius 1 is 0.903 bits per heavy atom. The molecule has 1 aliphatic heterocycles. The van der Waals surface area contributed by atoms with Gasteiger partial charge in [-0.3, -0.25) is 9.59 Å². The van der Waals surface area contributed by atoms with Crippen molar-refractivity contribution in [2.75, 3.05) is 11.4 Å². The lowest BCUT2D eigenvalue weighted by Gasteiger charge is -2.30. The van der Waals surface area contributed by atoms with Crippen LogP contribution in [0, 0.1) is 0 Å². The van der Waals surface area contributed by atoms with Gasteiger partial charge in [-0.1, -0.05) is 48.0 Å². The van der Waals surface area contributed by atoms with E-state index in [9.17, 15) is 14.4 Å². The van der Waals surface area contributed by atoms with Crippen molar-refractivity contribution < 1.29 is 4.79 Å². The fraction of sp³-hybridized carbons (Fsp3) is 0.125. The summed E-state index contributed by atoms with van der Waals surface area (Å²) in [7, 11) is 0. The number of H-pyrrole nitrogens is 1. The molecule has 0 aliphatic carbocycles. The van der Waals surface area contributed by atoms with Crippen LogP contribution in [0.3, 0.4) is 0 Å². The molecule has 0 saturated heterocycles. The van der Waals surface area contributed by atoms with Gasteiger partial charge in [0.2, 0.25) is 0 Å². The Labute approximate surface area is 182 Å². The maximum Gasteiger partial charge on any atom is 0.333 e. The van der Waals surface area contributed by atoms with Crippen molar-refractivity contribution in [3.05, 3.63) is 104 Å². The molecule has 1 amide bonds. The van der Waals surface area contributed by atoms with Crippen LogP contribution >= 0.6 is 11.6 Å². The molecule has 154 valence electrons. The van der Waals surface area contributed by atoms with E-state index >= 15 is 0 Å². The van der Waals surface area contributed by atoms with E-state index in [1.54, 1.807) is 47.4 Å². The molecule has 0 atom stereocenters. The second kappa shape index (κ2) is 7.56. The van der Waals surface area contributed by atoms with E-state index < -0.39 is 11.2 Å². The van der Waals surface area contributed by atoms with E-state index in [1.807, 2.05) is 24.3 Å². The number of anilines is 1. The highest BCUT2D eigenvalue weighted by Gasteiger charge is 2.26. The third-order valence-electron chi connectivity index (χ3n) is 5.61. The monoisotopic (exact) mass is 431 g/mol. The number of nitrogens with one attached hydrogen (secondary N) is 1. The number of carbonyl (C=O) groups is 1. The molecule has 1 aromatic heterocycles. The van der Waals surface area contributed by atoms with Gasteiger partial charge in [0.15, 0.2) is 0 Å². The summed E-state index contributed by atoms with van der Waals surface area (Å²) in [6.45, 7) is 0.576. The molecule has 6 nitrogen and oxygen atoms in total. The van der Waals surface area contributed by atoms with Gasteiger partial charge in [0.1, 0.15) is 0 Å². The normalized spacial score (nSPS) is 13.3. The zero-order chi connectivity index (χ0) is 21.5. The molecule has 3 aromatic carbocycles. The summed E-state index contributed by atoms with van der Waals surface area (Å²) in [5, 5.41) is 0.429. The first-order chi connectivity index (χ1) is 15.1. The maximum absolute atomic E-state index is 13.4. The molecule has 0 radical (unpaired) electrons. The number of para-hydroxylation sites is 2. The number of hydrogen-bond acceptors (Lipinski definition) is 3. The number of halogens is 1. The van der Waals surface area contributed by atoms with E-state index in [-0.39, 0.29) is 22.2 Å². The predicted molar refractivity (Wildman–Crippen MR) is 122 cm³/mol. The van der Waals surface area contributed by atoms with E-state index in [1.165, 1.54) is 0 Å². The molecule has 31 heavy (non-hydrogen) atoms. The molecule has 0 saturated carbocycles. The number of nitrogens with zero attached hydrogens (tertiary/aromatic N) is 2. The van der Waals surface area contributed by atoms with Gasteiger partial charge in [-0.25, -0.2) is 9.36 Å². The van der Waals surface area contributed by atoms with Crippen molar-refractivity contribution in [3.63, 3.8) is 0 Å². The van der Waals surface area contributed by atoms with Gasteiger partial charge in [0.05, 0.1) is 27.2 Å². The quantitative estimate of drug-likeness (QED) is 0.522. The van der Waals surface area contributed by atoms with Gasteiger partial charge in [-0.2, -0.15) is 0 Å². The highest BCUT2D eigenvalue weighted by atomic mass is 35.5. The largest absolute Gasteiger partial charge is 0.333 e. The summed E-state index contributed by atoms with van der Waals surface area (Å²) < 4.78 is 0.978. The van der Waals surface area contributed by atoms with E-state index in [0.717, 1.165) is 28.7 Å². The second-order valence-electron chi connectivity index (χ2n) is 7.44. The fourth-order valence-corrected chi connectivity index (χ4v) is 4.42. The molecule has 4 aromatic rings. The van der Waals surface area contributed by atoms with Crippen LogP contribution in [0.2, 0.25) is 5.02 Å². The minimum absolute atomic E-state index is 0.0680. The Kier molecular flexibility index (Phi) is 4.71. The third-order valence-corrected chi connectivity index (χ3v) is 6.01. The summed E-state index contributed by atoms with van der Waals surface area (Å²) in [4.78, 5) is 43.6. The summed E-state index contributed by atoms with van der Waals surface area (Å²) in [6, 6.07) is 19.4. The minimum Gasteiger partial charge on any atom is -0.308 e. The third kappa shape index (κ3) is 3.16. The topological polar surface area (TPSA) is 75.2 Å². The number of aromatic nitrogens is 2. The number of aryl methyl sites for hydroxylation is 1. The number of amides is 1. The molecular formula is C24H18ClN3O3. The van der Waals surface area contributed by atoms with Crippen LogP contribution in [-0.4, -0.2) is 22.0 Å². The van der Waals surface area contributed by atoms with Gasteiger partial charge >= 0.3 is 5.69 Å². The highest BCUT2D eigenvalue weighted by molar-refractivity contribution is 6.36. The van der Waals surface area contributed by atoms with Crippen LogP contribution in [0.4, 0.5) is 5.69 Å². The average Bonchev–Trinajstić information content (AvgIpc) is 2.79. The molecule has 0 unspecified atom stereocenters. The molecule has 0 spiro atoms. The minimum atomic E-state index is -0.612. The molecule has 7 heteroatoms. The maximum atomic E-state index is 13.4. The highest BCUT2D eigenvalue weighted by Crippen LogP contribution is 2.31. The van der Waals surface area contributed by atoms with Gasteiger partial charge in [-0.15, -0.1) is 0 Å². The molecule has 5 rings (SSSR count). The van der Waals surface area contributed by atoms with Crippen LogP contribution in [0.25, 0.3) is 16.6 Å². The number of hydrogen-bond donors (Lipinski definition) is 1. The fourth-order valence-electron chi connectivity index (χ4n) is 4.13. The Bertz CT molecular complexity index is 1450. The van der Waals surface area contributed by atoms with Crippen molar-refractivity contribution in [2.45, 2.75) is 12.8 Å². The lowest BCUT2D eigenvalue weighted by Crippen LogP contribution is -2.36. The Hall–Kier alpha value is -3.64. The zero-order valence-corrected chi connectivity index (χ0v) is 17.2. The van der Waals surface area contributed by atoms with Crippen molar-refractivity contribution in [2.24, 2.45) is 0 Å². The molecular weight excluding hydrogens is 414 g/mol. The van der Waals surface area contributed by atoms with Gasteiger partial charge < -0.3 is 9.88 Å². The van der Waals surface area contributed by atoms with Gasteiger partial charge in [0.25, 0.3) is 11.5 Å². The van der Waals surface area contributed by atoms with E-state index in [2.05, 4.69) is 4.98 Å². The standard InChI is InChI=1S/C24H18ClN3O3/c25-21-17(22(29)27-14-6-8-15-7-1-4-12-19(15)27)10-5-13-20(21)28-23(30)16-9-2-3-11-18(16)26-24(28)31/h1-5,7,9-13H,6,8,14H2,(H,26,31). The summed E-state index contributed by atoms with van der Waals surface area (Å²) in [5.74, 6) is -0.260. The lowest BCUT2D eigenvalue weighted by molar-refractivity contribution is 0.0985. The number of benzene rings is 3. The first kappa shape index (κ1) is 19.3. The molecule has 0 bridgehead atoms. The van der Waals surface area contributed by atoms with Crippen LogP contribution in [0.5, 0.6) is 0 Å². The SMILES string of the molecule is O=C(c1cccc(-n2c(=O)[nH]c3ccccc3c2=O)c1Cl)N1CCCc2ccccc21. The number of aromatic amines is 1. The summed E-state index contributed by atoms with van der Waals surface area (Å²) >= 11 is 6.62. The van der Waals surface area contributed by atoms with E-state index in [4.69, 9.17) is 11.6 Å². The Morgan fingerprint density at radius 2 is 1.65 bits per heavy atom. The molecule has 1 N–H and O–H groups in total. The van der Waals surface area contributed by atoms with Crippen molar-refractivity contribution in [1.82, 2.24) is 9.55 Å². The van der Waals surface area contributed by atoms with Gasteiger partial charge in [0, 0.05) is 12.2 Å². The first-order valence-electron chi connectivity index (χ1n) is 9.99. The summed E-state index contributed by atoms with van der Waals surface area (Å²) in [6.07, 6.45) is 1.76. The predicted octanol–water partition coefficient (Wildman–Crippen LogP) is 3.93. The lowest BCUT2D eigenvalue weighted by atomic mass is 10.0. The van der Waals surface area contributed by atoms with Crippen molar-refractivity contribution in [3.8, 4) is 5.69 Å². The van der Waals surface area contributed by atoms with Crippen molar-refractivity contribution in [1.29, 1.82) is 0 Å². The number of fused-ring (bicyclic) bond motifs is 2. The van der Waals surface area contributed by atoms with Crippen LogP contribution in [-0.2, 0) is 6.42 Å². The Balaban J connectivity index is 1.65. The molecule has 2 heterocycles. The molecule has 1 aliphatic rings. The van der Waals surface area contributed by atoms with Crippen LogP contribution in [0.15, 0.2) is 76.3 Å². The van der Waals surface area contributed by atoms with Crippen LogP contribution < -0.4 is 16.1 Å². The van der Waals surface area contributed by atoms with Gasteiger partial charge in [-0.05, 0) is 48.7 Å². The van der Waals surface area contributed by atoms with Crippen LogP contribution in [0.1, 0.15) is 22.3 Å². The number of carbonyl (C=O) groups excluding carboxylic acids is 1. The second-order valence-corrected chi connectivity index (χ2v) is 7.82.